The molecule has 0 aromatic carbocycles. The van der Waals surface area contributed by atoms with Crippen LogP contribution < -0.4 is 5.32 Å². The maximum Gasteiger partial charge on any atom is 0.107 e. The van der Waals surface area contributed by atoms with Crippen LogP contribution in [0.5, 0.6) is 0 Å². The Morgan fingerprint density at radius 2 is 2.25 bits per heavy atom. The zero-order valence-electron chi connectivity index (χ0n) is 9.81. The quantitative estimate of drug-likeness (QED) is 0.748. The summed E-state index contributed by atoms with van der Waals surface area (Å²) in [6.07, 6.45) is 6.17. The van der Waals surface area contributed by atoms with E-state index < -0.39 is 0 Å². The number of halogens is 2. The number of nitrogens with one attached hydrogen (secondary N) is 1. The molecular formula is C12H21Cl2NO. The van der Waals surface area contributed by atoms with Gasteiger partial charge in [0.15, 0.2) is 0 Å². The standard InChI is InChI=1S/C12H21Cl2NO/c1-9(16)5-4-8-15-11-7-3-2-6-10(11)12(13)14/h9,11,15-16H,2-8H2,1H3. The van der Waals surface area contributed by atoms with Gasteiger partial charge in [-0.1, -0.05) is 29.6 Å². The van der Waals surface area contributed by atoms with Crippen molar-refractivity contribution in [3.05, 3.63) is 10.1 Å². The van der Waals surface area contributed by atoms with Crippen LogP contribution in [0.25, 0.3) is 0 Å². The molecular weight excluding hydrogens is 245 g/mol. The molecule has 1 aliphatic carbocycles. The monoisotopic (exact) mass is 265 g/mol. The summed E-state index contributed by atoms with van der Waals surface area (Å²) in [6.45, 7) is 2.74. The second-order valence-electron chi connectivity index (χ2n) is 4.53. The van der Waals surface area contributed by atoms with Gasteiger partial charge in [-0.15, -0.1) is 0 Å². The van der Waals surface area contributed by atoms with Gasteiger partial charge in [-0.2, -0.15) is 0 Å². The van der Waals surface area contributed by atoms with Crippen LogP contribution in [0.3, 0.4) is 0 Å². The molecule has 2 unspecified atom stereocenters. The SMILES string of the molecule is CC(O)CCCNC1CCCCC1=C(Cl)Cl. The lowest BCUT2D eigenvalue weighted by atomic mass is 9.91. The van der Waals surface area contributed by atoms with E-state index in [9.17, 15) is 0 Å². The summed E-state index contributed by atoms with van der Waals surface area (Å²) >= 11 is 11.8. The Kier molecular flexibility index (Phi) is 6.74. The Morgan fingerprint density at radius 3 is 2.88 bits per heavy atom. The van der Waals surface area contributed by atoms with Crippen molar-refractivity contribution in [3.8, 4) is 0 Å². The van der Waals surface area contributed by atoms with Gasteiger partial charge >= 0.3 is 0 Å². The van der Waals surface area contributed by atoms with Gasteiger partial charge in [0.1, 0.15) is 4.49 Å². The molecule has 0 spiro atoms. The third-order valence-electron chi connectivity index (χ3n) is 3.04. The molecule has 1 aliphatic rings. The van der Waals surface area contributed by atoms with E-state index in [0.717, 1.165) is 37.8 Å². The molecule has 1 fully saturated rings. The van der Waals surface area contributed by atoms with Gasteiger partial charge in [0.05, 0.1) is 6.10 Å². The summed E-state index contributed by atoms with van der Waals surface area (Å²) in [5.41, 5.74) is 1.16. The predicted molar refractivity (Wildman–Crippen MR) is 69.9 cm³/mol. The van der Waals surface area contributed by atoms with Crippen LogP contribution in [0.2, 0.25) is 0 Å². The van der Waals surface area contributed by atoms with Crippen LogP contribution >= 0.6 is 23.2 Å². The van der Waals surface area contributed by atoms with E-state index in [1.165, 1.54) is 12.8 Å². The van der Waals surface area contributed by atoms with Gasteiger partial charge in [-0.3, -0.25) is 0 Å². The fraction of sp³-hybridized carbons (Fsp3) is 0.833. The average Bonchev–Trinajstić information content (AvgIpc) is 2.24. The Balaban J connectivity index is 2.31. The minimum Gasteiger partial charge on any atom is -0.393 e. The average molecular weight is 266 g/mol. The lowest BCUT2D eigenvalue weighted by Crippen LogP contribution is -2.34. The van der Waals surface area contributed by atoms with Gasteiger partial charge in [0.2, 0.25) is 0 Å². The van der Waals surface area contributed by atoms with Crippen LogP contribution in [0, 0.1) is 0 Å². The highest BCUT2D eigenvalue weighted by atomic mass is 35.5. The molecule has 0 aromatic rings. The maximum absolute atomic E-state index is 9.15. The van der Waals surface area contributed by atoms with Crippen molar-refractivity contribution in [2.24, 2.45) is 0 Å². The fourth-order valence-corrected chi connectivity index (χ4v) is 2.59. The summed E-state index contributed by atoms with van der Waals surface area (Å²) < 4.78 is 0.438. The molecule has 94 valence electrons. The number of hydrogen-bond acceptors (Lipinski definition) is 2. The van der Waals surface area contributed by atoms with Gasteiger partial charge in [-0.05, 0) is 51.1 Å². The molecule has 2 N–H and O–H groups in total. The highest BCUT2D eigenvalue weighted by Crippen LogP contribution is 2.29. The van der Waals surface area contributed by atoms with Crippen LogP contribution in [-0.4, -0.2) is 23.8 Å². The van der Waals surface area contributed by atoms with E-state index in [2.05, 4.69) is 5.32 Å². The molecule has 0 radical (unpaired) electrons. The van der Waals surface area contributed by atoms with Crippen molar-refractivity contribution >= 4 is 23.2 Å². The summed E-state index contributed by atoms with van der Waals surface area (Å²) in [5, 5.41) is 12.6. The summed E-state index contributed by atoms with van der Waals surface area (Å²) in [6, 6.07) is 0.341. The fourth-order valence-electron chi connectivity index (χ4n) is 2.14. The lowest BCUT2D eigenvalue weighted by Gasteiger charge is -2.26. The van der Waals surface area contributed by atoms with Gasteiger partial charge in [-0.25, -0.2) is 0 Å². The summed E-state index contributed by atoms with van der Waals surface area (Å²) in [5.74, 6) is 0. The van der Waals surface area contributed by atoms with Crippen LogP contribution in [-0.2, 0) is 0 Å². The van der Waals surface area contributed by atoms with E-state index >= 15 is 0 Å². The van der Waals surface area contributed by atoms with Crippen LogP contribution in [0.15, 0.2) is 10.1 Å². The third kappa shape index (κ3) is 5.05. The lowest BCUT2D eigenvalue weighted by molar-refractivity contribution is 0.181. The smallest absolute Gasteiger partial charge is 0.107 e. The van der Waals surface area contributed by atoms with Crippen molar-refractivity contribution in [1.29, 1.82) is 0 Å². The molecule has 0 amide bonds. The molecule has 1 rings (SSSR count). The number of aliphatic hydroxyl groups excluding tert-OH is 1. The van der Waals surface area contributed by atoms with Crippen LogP contribution in [0.4, 0.5) is 0 Å². The van der Waals surface area contributed by atoms with Crippen molar-refractivity contribution < 1.29 is 5.11 Å². The van der Waals surface area contributed by atoms with Gasteiger partial charge < -0.3 is 10.4 Å². The second-order valence-corrected chi connectivity index (χ2v) is 5.48. The van der Waals surface area contributed by atoms with Gasteiger partial charge in [0, 0.05) is 6.04 Å². The van der Waals surface area contributed by atoms with Gasteiger partial charge in [0.25, 0.3) is 0 Å². The number of rotatable bonds is 5. The minimum absolute atomic E-state index is 0.209. The largest absolute Gasteiger partial charge is 0.393 e. The molecule has 0 aromatic heterocycles. The zero-order valence-corrected chi connectivity index (χ0v) is 11.3. The molecule has 2 nitrogen and oxygen atoms in total. The molecule has 0 saturated heterocycles. The van der Waals surface area contributed by atoms with E-state index in [4.69, 9.17) is 28.3 Å². The van der Waals surface area contributed by atoms with Crippen molar-refractivity contribution in [2.45, 2.75) is 57.6 Å². The topological polar surface area (TPSA) is 32.3 Å². The highest BCUT2D eigenvalue weighted by Gasteiger charge is 2.20. The van der Waals surface area contributed by atoms with Crippen LogP contribution in [0.1, 0.15) is 45.4 Å². The van der Waals surface area contributed by atoms with Crippen molar-refractivity contribution in [1.82, 2.24) is 5.32 Å². The first kappa shape index (κ1) is 14.3. The molecule has 16 heavy (non-hydrogen) atoms. The third-order valence-corrected chi connectivity index (χ3v) is 3.53. The highest BCUT2D eigenvalue weighted by molar-refractivity contribution is 6.56. The maximum atomic E-state index is 9.15. The molecule has 4 heteroatoms. The van der Waals surface area contributed by atoms with E-state index in [0.29, 0.717) is 10.5 Å². The molecule has 1 saturated carbocycles. The summed E-state index contributed by atoms with van der Waals surface area (Å²) in [7, 11) is 0. The molecule has 0 bridgehead atoms. The van der Waals surface area contributed by atoms with Crippen molar-refractivity contribution in [2.75, 3.05) is 6.54 Å². The Bertz CT molecular complexity index is 237. The second kappa shape index (κ2) is 7.54. The van der Waals surface area contributed by atoms with Crippen molar-refractivity contribution in [3.63, 3.8) is 0 Å². The Hall–Kier alpha value is 0.240. The molecule has 0 heterocycles. The molecule has 2 atom stereocenters. The first-order chi connectivity index (χ1) is 7.61. The first-order valence-electron chi connectivity index (χ1n) is 6.06. The van der Waals surface area contributed by atoms with E-state index in [1.807, 2.05) is 6.92 Å². The normalized spacial score (nSPS) is 23.2. The predicted octanol–water partition coefficient (Wildman–Crippen LogP) is 3.37. The minimum atomic E-state index is -0.209. The molecule has 0 aliphatic heterocycles. The summed E-state index contributed by atoms with van der Waals surface area (Å²) in [4.78, 5) is 0. The Labute approximate surface area is 108 Å². The van der Waals surface area contributed by atoms with E-state index in [1.54, 1.807) is 0 Å². The first-order valence-corrected chi connectivity index (χ1v) is 6.82. The number of aliphatic hydroxyl groups is 1. The zero-order chi connectivity index (χ0) is 12.0. The number of hydrogen-bond donors (Lipinski definition) is 2. The Morgan fingerprint density at radius 1 is 1.50 bits per heavy atom. The van der Waals surface area contributed by atoms with E-state index in [-0.39, 0.29) is 6.10 Å².